The number of amides is 1. The second kappa shape index (κ2) is 4.26. The Hall–Kier alpha value is -1.04. The van der Waals surface area contributed by atoms with E-state index in [4.69, 9.17) is 22.1 Å². The molecule has 92 valence electrons. The lowest BCUT2D eigenvalue weighted by molar-refractivity contribution is 0.100. The molecule has 1 aromatic heterocycles. The number of hydrogen-bond donors (Lipinski definition) is 1. The molecule has 2 N–H and O–H groups in total. The van der Waals surface area contributed by atoms with Crippen molar-refractivity contribution < 1.29 is 9.53 Å². The molecule has 0 fully saturated rings. The number of hydrogen-bond acceptors (Lipinski definition) is 3. The van der Waals surface area contributed by atoms with Crippen LogP contribution in [-0.4, -0.2) is 5.91 Å². The average Bonchev–Trinajstić information content (AvgIpc) is 2.72. The predicted octanol–water partition coefficient (Wildman–Crippen LogP) is 3.82. The molecule has 3 nitrogen and oxygen atoms in total. The van der Waals surface area contributed by atoms with Gasteiger partial charge in [-0.25, -0.2) is 0 Å². The largest absolute Gasteiger partial charge is 0.487 e. The molecule has 0 spiro atoms. The Balaban J connectivity index is 2.24. The van der Waals surface area contributed by atoms with Crippen LogP contribution >= 0.6 is 38.9 Å². The fraction of sp³-hybridized carbons (Fsp3) is 0.0833. The van der Waals surface area contributed by atoms with Gasteiger partial charge in [0.15, 0.2) is 0 Å². The van der Waals surface area contributed by atoms with Crippen LogP contribution in [0.3, 0.4) is 0 Å². The lowest BCUT2D eigenvalue weighted by Gasteiger charge is -2.18. The smallest absolute Gasteiger partial charge is 0.258 e. The van der Waals surface area contributed by atoms with Crippen molar-refractivity contribution in [2.24, 2.45) is 5.73 Å². The van der Waals surface area contributed by atoms with Crippen LogP contribution in [0.1, 0.15) is 15.2 Å². The van der Waals surface area contributed by atoms with Gasteiger partial charge < -0.3 is 10.5 Å². The maximum absolute atomic E-state index is 11.2. The van der Waals surface area contributed by atoms with Gasteiger partial charge >= 0.3 is 0 Å². The third-order valence-corrected chi connectivity index (χ3v) is 4.64. The number of nitrogens with two attached hydrogens (primary N) is 1. The summed E-state index contributed by atoms with van der Waals surface area (Å²) in [6.45, 7) is 0.410. The standard InChI is InChI=1S/C12H7BrClNO2S/c13-6-2-7-10(8(14)3-6)17-4-5-1-9(12(15)16)18-11(5)7/h1-3H,4H2,(H2,15,16). The number of carbonyl (C=O) groups excluding carboxylic acids is 1. The second-order valence-corrected chi connectivity index (χ2v) is 6.26. The quantitative estimate of drug-likeness (QED) is 0.855. The Bertz CT molecular complexity index is 668. The summed E-state index contributed by atoms with van der Waals surface area (Å²) in [5.41, 5.74) is 7.17. The van der Waals surface area contributed by atoms with Gasteiger partial charge in [-0.15, -0.1) is 11.3 Å². The number of rotatable bonds is 1. The fourth-order valence-corrected chi connectivity index (χ4v) is 3.81. The first kappa shape index (κ1) is 12.0. The molecule has 1 amide bonds. The second-order valence-electron chi connectivity index (χ2n) is 3.88. The summed E-state index contributed by atoms with van der Waals surface area (Å²) in [4.78, 5) is 12.7. The van der Waals surface area contributed by atoms with E-state index in [0.29, 0.717) is 22.3 Å². The summed E-state index contributed by atoms with van der Waals surface area (Å²) >= 11 is 10.9. The van der Waals surface area contributed by atoms with Gasteiger partial charge in [-0.3, -0.25) is 4.79 Å². The molecule has 2 aromatic rings. The number of thiophene rings is 1. The van der Waals surface area contributed by atoms with E-state index in [1.807, 2.05) is 6.07 Å². The summed E-state index contributed by atoms with van der Waals surface area (Å²) in [5, 5.41) is 0.555. The van der Waals surface area contributed by atoms with Crippen LogP contribution in [0.25, 0.3) is 10.4 Å². The highest BCUT2D eigenvalue weighted by molar-refractivity contribution is 9.10. The SMILES string of the molecule is NC(=O)c1cc2c(s1)-c1cc(Br)cc(Cl)c1OC2. The minimum absolute atomic E-state index is 0.410. The Morgan fingerprint density at radius 3 is 2.94 bits per heavy atom. The molecular formula is C12H7BrClNO2S. The van der Waals surface area contributed by atoms with E-state index >= 15 is 0 Å². The van der Waals surface area contributed by atoms with Crippen LogP contribution in [0.4, 0.5) is 0 Å². The highest BCUT2D eigenvalue weighted by Gasteiger charge is 2.24. The third-order valence-electron chi connectivity index (χ3n) is 2.68. The Morgan fingerprint density at radius 1 is 1.44 bits per heavy atom. The molecule has 0 aliphatic carbocycles. The lowest BCUT2D eigenvalue weighted by atomic mass is 10.1. The zero-order valence-electron chi connectivity index (χ0n) is 9.00. The monoisotopic (exact) mass is 343 g/mol. The van der Waals surface area contributed by atoms with E-state index in [1.54, 1.807) is 12.1 Å². The highest BCUT2D eigenvalue weighted by Crippen LogP contribution is 2.46. The van der Waals surface area contributed by atoms with Crippen LogP contribution in [0.15, 0.2) is 22.7 Å². The first-order valence-electron chi connectivity index (χ1n) is 5.11. The summed E-state index contributed by atoms with van der Waals surface area (Å²) < 4.78 is 6.50. The van der Waals surface area contributed by atoms with E-state index in [9.17, 15) is 4.79 Å². The van der Waals surface area contributed by atoms with E-state index in [2.05, 4.69) is 15.9 Å². The van der Waals surface area contributed by atoms with Crippen LogP contribution in [-0.2, 0) is 6.61 Å². The van der Waals surface area contributed by atoms with Crippen LogP contribution in [0.2, 0.25) is 5.02 Å². The Kier molecular flexibility index (Phi) is 2.84. The minimum atomic E-state index is -0.419. The fourth-order valence-electron chi connectivity index (χ4n) is 1.91. The van der Waals surface area contributed by atoms with Gasteiger partial charge in [0.25, 0.3) is 5.91 Å². The van der Waals surface area contributed by atoms with Crippen LogP contribution in [0, 0.1) is 0 Å². The van der Waals surface area contributed by atoms with Gasteiger partial charge in [-0.05, 0) is 18.2 Å². The van der Waals surface area contributed by atoms with Crippen molar-refractivity contribution in [2.45, 2.75) is 6.61 Å². The van der Waals surface area contributed by atoms with E-state index in [-0.39, 0.29) is 0 Å². The number of halogens is 2. The number of ether oxygens (including phenoxy) is 1. The number of primary amides is 1. The maximum atomic E-state index is 11.2. The van der Waals surface area contributed by atoms with E-state index < -0.39 is 5.91 Å². The molecule has 3 rings (SSSR count). The molecule has 6 heteroatoms. The molecule has 0 unspecified atom stereocenters. The molecule has 0 atom stereocenters. The maximum Gasteiger partial charge on any atom is 0.258 e. The Labute approximate surface area is 121 Å². The third kappa shape index (κ3) is 1.83. The van der Waals surface area contributed by atoms with E-state index in [0.717, 1.165) is 20.5 Å². The minimum Gasteiger partial charge on any atom is -0.487 e. The molecule has 18 heavy (non-hydrogen) atoms. The summed E-state index contributed by atoms with van der Waals surface area (Å²) in [6, 6.07) is 5.49. The zero-order chi connectivity index (χ0) is 12.9. The molecule has 0 bridgehead atoms. The van der Waals surface area contributed by atoms with Crippen molar-refractivity contribution in [1.29, 1.82) is 0 Å². The molecule has 0 saturated heterocycles. The van der Waals surface area contributed by atoms with Crippen molar-refractivity contribution in [3.8, 4) is 16.2 Å². The molecule has 1 aliphatic rings. The average molecular weight is 345 g/mol. The number of benzene rings is 1. The topological polar surface area (TPSA) is 52.3 Å². The molecule has 0 saturated carbocycles. The molecule has 2 heterocycles. The predicted molar refractivity (Wildman–Crippen MR) is 75.3 cm³/mol. The number of fused-ring (bicyclic) bond motifs is 3. The highest BCUT2D eigenvalue weighted by atomic mass is 79.9. The van der Waals surface area contributed by atoms with Gasteiger partial charge in [-0.1, -0.05) is 27.5 Å². The summed E-state index contributed by atoms with van der Waals surface area (Å²) in [7, 11) is 0. The van der Waals surface area contributed by atoms with Crippen molar-refractivity contribution in [2.75, 3.05) is 0 Å². The van der Waals surface area contributed by atoms with Gasteiger partial charge in [-0.2, -0.15) is 0 Å². The molecule has 1 aliphatic heterocycles. The van der Waals surface area contributed by atoms with Crippen molar-refractivity contribution in [1.82, 2.24) is 0 Å². The van der Waals surface area contributed by atoms with Crippen molar-refractivity contribution in [3.05, 3.63) is 38.1 Å². The van der Waals surface area contributed by atoms with E-state index in [1.165, 1.54) is 11.3 Å². The number of carbonyl (C=O) groups is 1. The van der Waals surface area contributed by atoms with Gasteiger partial charge in [0.05, 0.1) is 9.90 Å². The molecule has 1 aromatic carbocycles. The van der Waals surface area contributed by atoms with Crippen LogP contribution < -0.4 is 10.5 Å². The first-order valence-corrected chi connectivity index (χ1v) is 7.09. The zero-order valence-corrected chi connectivity index (χ0v) is 12.2. The van der Waals surface area contributed by atoms with Gasteiger partial charge in [0.2, 0.25) is 0 Å². The van der Waals surface area contributed by atoms with Crippen molar-refractivity contribution >= 4 is 44.8 Å². The normalized spacial score (nSPS) is 12.6. The summed E-state index contributed by atoms with van der Waals surface area (Å²) in [5.74, 6) is 0.238. The van der Waals surface area contributed by atoms with Gasteiger partial charge in [0.1, 0.15) is 12.4 Å². The molecular weight excluding hydrogens is 338 g/mol. The van der Waals surface area contributed by atoms with Gasteiger partial charge in [0, 0.05) is 20.5 Å². The van der Waals surface area contributed by atoms with Crippen molar-refractivity contribution in [3.63, 3.8) is 0 Å². The molecule has 0 radical (unpaired) electrons. The lowest BCUT2D eigenvalue weighted by Crippen LogP contribution is -2.08. The summed E-state index contributed by atoms with van der Waals surface area (Å²) in [6.07, 6.45) is 0. The van der Waals surface area contributed by atoms with Crippen LogP contribution in [0.5, 0.6) is 5.75 Å². The Morgan fingerprint density at radius 2 is 2.22 bits per heavy atom. The first-order chi connectivity index (χ1) is 8.56.